The van der Waals surface area contributed by atoms with E-state index in [2.05, 4.69) is 73.2 Å². The van der Waals surface area contributed by atoms with Gasteiger partial charge in [-0.1, -0.05) is 64.1 Å². The van der Waals surface area contributed by atoms with Crippen molar-refractivity contribution in [2.45, 2.75) is 52.5 Å². The normalized spacial score (nSPS) is 13.5. The number of amides is 1. The maximum absolute atomic E-state index is 12.4. The molecule has 1 fully saturated rings. The fourth-order valence-electron chi connectivity index (χ4n) is 4.09. The maximum Gasteiger partial charge on any atom is 0.251 e. The molecule has 1 aliphatic rings. The van der Waals surface area contributed by atoms with Crippen molar-refractivity contribution < 1.29 is 4.79 Å². The quantitative estimate of drug-likeness (QED) is 0.326. The molecule has 0 unspecified atom stereocenters. The number of nitrogens with one attached hydrogen (secondary N) is 2. The molecule has 1 aliphatic carbocycles. The summed E-state index contributed by atoms with van der Waals surface area (Å²) in [6.45, 7) is 9.57. The first-order valence-electron chi connectivity index (χ1n) is 12.5. The molecule has 1 amide bonds. The molecule has 4 aromatic rings. The number of hydrogen-bond acceptors (Lipinski definition) is 4. The van der Waals surface area contributed by atoms with Crippen LogP contribution in [0.3, 0.4) is 0 Å². The summed E-state index contributed by atoms with van der Waals surface area (Å²) in [5, 5.41) is 6.54. The summed E-state index contributed by atoms with van der Waals surface area (Å²) in [6.07, 6.45) is 6.09. The van der Waals surface area contributed by atoms with Crippen LogP contribution in [-0.4, -0.2) is 32.9 Å². The van der Waals surface area contributed by atoms with E-state index in [9.17, 15) is 4.79 Å². The molecule has 2 N–H and O–H groups in total. The number of nitrogens with zero attached hydrogens (tertiary/aromatic N) is 3. The molecule has 35 heavy (non-hydrogen) atoms. The second-order valence-electron chi connectivity index (χ2n) is 10.2. The van der Waals surface area contributed by atoms with Crippen LogP contribution < -0.4 is 10.6 Å². The van der Waals surface area contributed by atoms with Crippen molar-refractivity contribution in [2.75, 3.05) is 11.9 Å². The van der Waals surface area contributed by atoms with Crippen LogP contribution in [-0.2, 0) is 0 Å². The number of fused-ring (bicyclic) bond motifs is 1. The molecule has 6 nitrogen and oxygen atoms in total. The van der Waals surface area contributed by atoms with Crippen LogP contribution in [0.4, 0.5) is 5.82 Å². The second-order valence-corrected chi connectivity index (χ2v) is 10.2. The molecule has 0 saturated heterocycles. The van der Waals surface area contributed by atoms with Crippen LogP contribution in [0.2, 0.25) is 0 Å². The lowest BCUT2D eigenvalue weighted by molar-refractivity contribution is 0.0951. The molecule has 0 spiro atoms. The van der Waals surface area contributed by atoms with Crippen LogP contribution in [0.25, 0.3) is 28.2 Å². The van der Waals surface area contributed by atoms with Gasteiger partial charge in [0.2, 0.25) is 0 Å². The molecule has 1 saturated carbocycles. The fourth-order valence-corrected chi connectivity index (χ4v) is 4.09. The molecule has 2 aromatic carbocycles. The first kappa shape index (κ1) is 23.1. The molecular weight excluding hydrogens is 434 g/mol. The zero-order valence-electron chi connectivity index (χ0n) is 20.9. The highest BCUT2D eigenvalue weighted by Gasteiger charge is 2.23. The molecule has 180 valence electrons. The van der Waals surface area contributed by atoms with Crippen LogP contribution in [0.1, 0.15) is 62.4 Å². The number of imidazole rings is 1. The Kier molecular flexibility index (Phi) is 6.29. The van der Waals surface area contributed by atoms with Crippen molar-refractivity contribution in [3.05, 3.63) is 72.1 Å². The summed E-state index contributed by atoms with van der Waals surface area (Å²) in [5.74, 6) is 1.73. The Balaban J connectivity index is 1.53. The lowest BCUT2D eigenvalue weighted by Gasteiger charge is -2.13. The topological polar surface area (TPSA) is 71.3 Å². The van der Waals surface area contributed by atoms with E-state index in [1.54, 1.807) is 0 Å². The second kappa shape index (κ2) is 9.53. The van der Waals surface area contributed by atoms with Gasteiger partial charge in [0.1, 0.15) is 0 Å². The first-order valence-corrected chi connectivity index (χ1v) is 12.5. The molecule has 6 heteroatoms. The Hall–Kier alpha value is -3.67. The monoisotopic (exact) mass is 467 g/mol. The van der Waals surface area contributed by atoms with Crippen molar-refractivity contribution in [3.63, 3.8) is 0 Å². The van der Waals surface area contributed by atoms with E-state index in [0.717, 1.165) is 53.4 Å². The van der Waals surface area contributed by atoms with Crippen molar-refractivity contribution >= 4 is 17.4 Å². The van der Waals surface area contributed by atoms with Crippen molar-refractivity contribution in [2.24, 2.45) is 5.92 Å². The molecule has 0 radical (unpaired) electrons. The highest BCUT2D eigenvalue weighted by Crippen LogP contribution is 2.29. The standard InChI is InChI=1S/C29H33N5O/c1-18(2)15-30-27-28-31-16-26(22-9-11-23(12-10-22)29(35)32-24-13-14-24)34(28)17-25(33-27)21-7-5-20(6-8-21)19(3)4/h5-12,16-19,24H,13-15H2,1-4H3,(H,30,33)(H,32,35). The molecule has 0 atom stereocenters. The summed E-state index contributed by atoms with van der Waals surface area (Å²) in [6, 6.07) is 16.7. The Morgan fingerprint density at radius 3 is 2.31 bits per heavy atom. The number of carbonyl (C=O) groups excluding carboxylic acids is 1. The lowest BCUT2D eigenvalue weighted by atomic mass is 10.0. The minimum absolute atomic E-state index is 0.00584. The lowest BCUT2D eigenvalue weighted by Crippen LogP contribution is -2.25. The van der Waals surface area contributed by atoms with E-state index in [0.29, 0.717) is 23.4 Å². The van der Waals surface area contributed by atoms with Gasteiger partial charge in [0.25, 0.3) is 5.91 Å². The predicted molar refractivity (Wildman–Crippen MR) is 142 cm³/mol. The summed E-state index contributed by atoms with van der Waals surface area (Å²) in [4.78, 5) is 22.1. The van der Waals surface area contributed by atoms with Gasteiger partial charge in [-0.05, 0) is 42.4 Å². The molecule has 0 bridgehead atoms. The van der Waals surface area contributed by atoms with Crippen LogP contribution in [0, 0.1) is 5.92 Å². The first-order chi connectivity index (χ1) is 16.9. The van der Waals surface area contributed by atoms with Crippen LogP contribution in [0.15, 0.2) is 60.9 Å². The zero-order chi connectivity index (χ0) is 24.5. The largest absolute Gasteiger partial charge is 0.367 e. The van der Waals surface area contributed by atoms with E-state index in [-0.39, 0.29) is 5.91 Å². The fraction of sp³-hybridized carbons (Fsp3) is 0.345. The van der Waals surface area contributed by atoms with Gasteiger partial charge >= 0.3 is 0 Å². The Bertz CT molecular complexity index is 1330. The number of carbonyl (C=O) groups is 1. The maximum atomic E-state index is 12.4. The van der Waals surface area contributed by atoms with E-state index in [4.69, 9.17) is 9.97 Å². The van der Waals surface area contributed by atoms with Gasteiger partial charge < -0.3 is 10.6 Å². The average molecular weight is 468 g/mol. The van der Waals surface area contributed by atoms with Gasteiger partial charge in [-0.25, -0.2) is 9.97 Å². The van der Waals surface area contributed by atoms with Crippen molar-refractivity contribution in [1.29, 1.82) is 0 Å². The Morgan fingerprint density at radius 1 is 1.00 bits per heavy atom. The highest BCUT2D eigenvalue weighted by molar-refractivity contribution is 5.95. The SMILES string of the molecule is CC(C)CNc1nc(-c2ccc(C(C)C)cc2)cn2c(-c3ccc(C(=O)NC4CC4)cc3)cnc12. The highest BCUT2D eigenvalue weighted by atomic mass is 16.1. The van der Waals surface area contributed by atoms with Gasteiger partial charge in [0.05, 0.1) is 17.6 Å². The number of anilines is 1. The molecule has 0 aliphatic heterocycles. The number of hydrogen-bond donors (Lipinski definition) is 2. The molecule has 2 aromatic heterocycles. The third-order valence-electron chi connectivity index (χ3n) is 6.40. The van der Waals surface area contributed by atoms with E-state index >= 15 is 0 Å². The van der Waals surface area contributed by atoms with E-state index < -0.39 is 0 Å². The van der Waals surface area contributed by atoms with Crippen molar-refractivity contribution in [3.8, 4) is 22.5 Å². The van der Waals surface area contributed by atoms with E-state index in [1.807, 2.05) is 30.5 Å². The van der Waals surface area contributed by atoms with Gasteiger partial charge in [0, 0.05) is 35.5 Å². The smallest absolute Gasteiger partial charge is 0.251 e. The molecular formula is C29H33N5O. The van der Waals surface area contributed by atoms with E-state index in [1.165, 1.54) is 5.56 Å². The average Bonchev–Trinajstić information content (AvgIpc) is 3.57. The third kappa shape index (κ3) is 5.06. The van der Waals surface area contributed by atoms with Gasteiger partial charge in [-0.2, -0.15) is 0 Å². The third-order valence-corrected chi connectivity index (χ3v) is 6.40. The minimum Gasteiger partial charge on any atom is -0.367 e. The Morgan fingerprint density at radius 2 is 1.69 bits per heavy atom. The summed E-state index contributed by atoms with van der Waals surface area (Å²) in [5.41, 5.74) is 6.70. The summed E-state index contributed by atoms with van der Waals surface area (Å²) in [7, 11) is 0. The number of aromatic nitrogens is 3. The van der Waals surface area contributed by atoms with Gasteiger partial charge in [-0.3, -0.25) is 9.20 Å². The number of benzene rings is 2. The van der Waals surface area contributed by atoms with Gasteiger partial charge in [-0.15, -0.1) is 0 Å². The summed E-state index contributed by atoms with van der Waals surface area (Å²) >= 11 is 0. The van der Waals surface area contributed by atoms with Gasteiger partial charge in [0.15, 0.2) is 11.5 Å². The zero-order valence-corrected chi connectivity index (χ0v) is 20.9. The van der Waals surface area contributed by atoms with Crippen LogP contribution >= 0.6 is 0 Å². The predicted octanol–water partition coefficient (Wildman–Crippen LogP) is 6.15. The van der Waals surface area contributed by atoms with Crippen molar-refractivity contribution in [1.82, 2.24) is 19.7 Å². The number of rotatable bonds is 8. The van der Waals surface area contributed by atoms with Crippen LogP contribution in [0.5, 0.6) is 0 Å². The Labute approximate surface area is 206 Å². The minimum atomic E-state index is -0.00584. The molecule has 5 rings (SSSR count). The summed E-state index contributed by atoms with van der Waals surface area (Å²) < 4.78 is 2.10. The molecule has 2 heterocycles.